The molecule has 74 valence electrons. The Morgan fingerprint density at radius 1 is 1.43 bits per heavy atom. The van der Waals surface area contributed by atoms with Crippen LogP contribution in [-0.4, -0.2) is 20.2 Å². The van der Waals surface area contributed by atoms with Crippen LogP contribution in [0, 0.1) is 5.82 Å². The van der Waals surface area contributed by atoms with E-state index in [0.717, 1.165) is 18.7 Å². The fraction of sp³-hybridized carbons (Fsp3) is 0.273. The number of halogens is 1. The van der Waals surface area contributed by atoms with Gasteiger partial charge in [0.05, 0.1) is 7.11 Å². The van der Waals surface area contributed by atoms with Crippen LogP contribution >= 0.6 is 0 Å². The van der Waals surface area contributed by atoms with Crippen molar-refractivity contribution in [2.75, 3.05) is 20.2 Å². The molecule has 2 rings (SSSR count). The zero-order chi connectivity index (χ0) is 9.97. The molecule has 0 bridgehead atoms. The summed E-state index contributed by atoms with van der Waals surface area (Å²) >= 11 is 0. The van der Waals surface area contributed by atoms with Gasteiger partial charge in [0.1, 0.15) is 11.6 Å². The van der Waals surface area contributed by atoms with Crippen LogP contribution < -0.4 is 10.1 Å². The fourth-order valence-electron chi connectivity index (χ4n) is 1.56. The van der Waals surface area contributed by atoms with Crippen LogP contribution in [0.4, 0.5) is 4.39 Å². The van der Waals surface area contributed by atoms with Crippen LogP contribution in [0.5, 0.6) is 5.75 Å². The summed E-state index contributed by atoms with van der Waals surface area (Å²) in [4.78, 5) is 0. The summed E-state index contributed by atoms with van der Waals surface area (Å²) in [6.07, 6.45) is 2.00. The first-order chi connectivity index (χ1) is 6.81. The molecular formula is C11H12FNO. The Bertz CT molecular complexity index is 374. The van der Waals surface area contributed by atoms with Crippen molar-refractivity contribution in [1.82, 2.24) is 5.32 Å². The van der Waals surface area contributed by atoms with Crippen molar-refractivity contribution >= 4 is 5.57 Å². The van der Waals surface area contributed by atoms with Crippen LogP contribution in [0.2, 0.25) is 0 Å². The third-order valence-electron chi connectivity index (χ3n) is 2.33. The Balaban J connectivity index is 2.34. The molecule has 0 amide bonds. The first-order valence-electron chi connectivity index (χ1n) is 4.55. The van der Waals surface area contributed by atoms with E-state index in [-0.39, 0.29) is 5.82 Å². The van der Waals surface area contributed by atoms with Gasteiger partial charge in [-0.3, -0.25) is 0 Å². The molecule has 1 heterocycles. The maximum Gasteiger partial charge on any atom is 0.134 e. The van der Waals surface area contributed by atoms with E-state index in [1.807, 2.05) is 6.08 Å². The van der Waals surface area contributed by atoms with Crippen molar-refractivity contribution in [2.24, 2.45) is 0 Å². The average Bonchev–Trinajstić information content (AvgIpc) is 2.70. The smallest absolute Gasteiger partial charge is 0.134 e. The van der Waals surface area contributed by atoms with Crippen molar-refractivity contribution in [3.63, 3.8) is 0 Å². The maximum atomic E-state index is 13.5. The molecule has 0 saturated heterocycles. The standard InChI is InChI=1S/C11H12FNO/c1-14-9-2-3-10(11(12)6-9)8-4-5-13-7-8/h2-4,6,13H,5,7H2,1H3. The molecule has 0 atom stereocenters. The van der Waals surface area contributed by atoms with E-state index in [9.17, 15) is 4.39 Å². The molecule has 2 nitrogen and oxygen atoms in total. The van der Waals surface area contributed by atoms with Gasteiger partial charge in [-0.15, -0.1) is 0 Å². The lowest BCUT2D eigenvalue weighted by atomic mass is 10.1. The summed E-state index contributed by atoms with van der Waals surface area (Å²) in [6.45, 7) is 1.56. The highest BCUT2D eigenvalue weighted by atomic mass is 19.1. The Morgan fingerprint density at radius 3 is 2.86 bits per heavy atom. The van der Waals surface area contributed by atoms with Crippen molar-refractivity contribution in [3.05, 3.63) is 35.7 Å². The minimum absolute atomic E-state index is 0.223. The van der Waals surface area contributed by atoms with Crippen molar-refractivity contribution < 1.29 is 9.13 Å². The molecule has 0 fully saturated rings. The molecule has 1 aromatic rings. The molecule has 3 heteroatoms. The van der Waals surface area contributed by atoms with Crippen LogP contribution in [0.3, 0.4) is 0 Å². The van der Waals surface area contributed by atoms with E-state index >= 15 is 0 Å². The highest BCUT2D eigenvalue weighted by molar-refractivity contribution is 5.69. The van der Waals surface area contributed by atoms with E-state index in [2.05, 4.69) is 5.32 Å². The fourth-order valence-corrected chi connectivity index (χ4v) is 1.56. The number of rotatable bonds is 2. The number of benzene rings is 1. The average molecular weight is 193 g/mol. The van der Waals surface area contributed by atoms with E-state index < -0.39 is 0 Å². The molecule has 14 heavy (non-hydrogen) atoms. The molecule has 1 aliphatic heterocycles. The van der Waals surface area contributed by atoms with E-state index in [1.54, 1.807) is 12.1 Å². The maximum absolute atomic E-state index is 13.5. The number of ether oxygens (including phenoxy) is 1. The summed E-state index contributed by atoms with van der Waals surface area (Å²) in [7, 11) is 1.53. The summed E-state index contributed by atoms with van der Waals surface area (Å²) < 4.78 is 18.5. The van der Waals surface area contributed by atoms with Crippen LogP contribution in [0.1, 0.15) is 5.56 Å². The topological polar surface area (TPSA) is 21.3 Å². The first-order valence-corrected chi connectivity index (χ1v) is 4.55. The second-order valence-corrected chi connectivity index (χ2v) is 3.21. The summed E-state index contributed by atoms with van der Waals surface area (Å²) in [5.74, 6) is 0.331. The minimum atomic E-state index is -0.223. The quantitative estimate of drug-likeness (QED) is 0.773. The van der Waals surface area contributed by atoms with Gasteiger partial charge in [-0.1, -0.05) is 6.08 Å². The second kappa shape index (κ2) is 3.80. The first kappa shape index (κ1) is 9.21. The van der Waals surface area contributed by atoms with E-state index in [4.69, 9.17) is 4.74 Å². The Hall–Kier alpha value is -1.35. The predicted octanol–water partition coefficient (Wildman–Crippen LogP) is 1.82. The molecular weight excluding hydrogens is 181 g/mol. The number of hydrogen-bond acceptors (Lipinski definition) is 2. The molecule has 1 aliphatic rings. The Morgan fingerprint density at radius 2 is 2.29 bits per heavy atom. The van der Waals surface area contributed by atoms with Gasteiger partial charge in [0.25, 0.3) is 0 Å². The Labute approximate surface area is 82.4 Å². The van der Waals surface area contributed by atoms with Gasteiger partial charge in [-0.2, -0.15) is 0 Å². The normalized spacial score (nSPS) is 15.4. The number of methoxy groups -OCH3 is 1. The van der Waals surface area contributed by atoms with Gasteiger partial charge >= 0.3 is 0 Å². The molecule has 0 aliphatic carbocycles. The highest BCUT2D eigenvalue weighted by Gasteiger charge is 2.11. The summed E-state index contributed by atoms with van der Waals surface area (Å²) in [5.41, 5.74) is 1.68. The molecule has 0 saturated carbocycles. The lowest BCUT2D eigenvalue weighted by Gasteiger charge is -2.05. The molecule has 1 N–H and O–H groups in total. The van der Waals surface area contributed by atoms with Gasteiger partial charge in [0.2, 0.25) is 0 Å². The van der Waals surface area contributed by atoms with Crippen molar-refractivity contribution in [2.45, 2.75) is 0 Å². The van der Waals surface area contributed by atoms with Crippen LogP contribution in [-0.2, 0) is 0 Å². The lowest BCUT2D eigenvalue weighted by Crippen LogP contribution is -2.08. The zero-order valence-electron chi connectivity index (χ0n) is 8.01. The van der Waals surface area contributed by atoms with Gasteiger partial charge in [0.15, 0.2) is 0 Å². The Kier molecular flexibility index (Phi) is 2.50. The van der Waals surface area contributed by atoms with Gasteiger partial charge in [0, 0.05) is 24.7 Å². The van der Waals surface area contributed by atoms with E-state index in [0.29, 0.717) is 11.3 Å². The van der Waals surface area contributed by atoms with Crippen LogP contribution in [0.25, 0.3) is 5.57 Å². The monoisotopic (exact) mass is 193 g/mol. The number of nitrogens with one attached hydrogen (secondary N) is 1. The second-order valence-electron chi connectivity index (χ2n) is 3.21. The molecule has 1 aromatic carbocycles. The van der Waals surface area contributed by atoms with Crippen molar-refractivity contribution in [1.29, 1.82) is 0 Å². The largest absolute Gasteiger partial charge is 0.497 e. The third-order valence-corrected chi connectivity index (χ3v) is 2.33. The third kappa shape index (κ3) is 1.63. The molecule has 0 aromatic heterocycles. The summed E-state index contributed by atoms with van der Waals surface area (Å²) in [5, 5.41) is 3.14. The van der Waals surface area contributed by atoms with Gasteiger partial charge < -0.3 is 10.1 Å². The predicted molar refractivity (Wildman–Crippen MR) is 53.8 cm³/mol. The minimum Gasteiger partial charge on any atom is -0.497 e. The molecule has 0 unspecified atom stereocenters. The van der Waals surface area contributed by atoms with E-state index in [1.165, 1.54) is 13.2 Å². The number of hydrogen-bond donors (Lipinski definition) is 1. The van der Waals surface area contributed by atoms with Gasteiger partial charge in [-0.05, 0) is 17.7 Å². The zero-order valence-corrected chi connectivity index (χ0v) is 8.01. The van der Waals surface area contributed by atoms with Crippen LogP contribution in [0.15, 0.2) is 24.3 Å². The molecule has 0 radical (unpaired) electrons. The summed E-state index contributed by atoms with van der Waals surface area (Å²) in [6, 6.07) is 4.94. The van der Waals surface area contributed by atoms with Gasteiger partial charge in [-0.25, -0.2) is 4.39 Å². The molecule has 0 spiro atoms. The van der Waals surface area contributed by atoms with Crippen molar-refractivity contribution in [3.8, 4) is 5.75 Å². The highest BCUT2D eigenvalue weighted by Crippen LogP contribution is 2.23. The lowest BCUT2D eigenvalue weighted by molar-refractivity contribution is 0.411. The SMILES string of the molecule is COc1ccc(C2=CCNC2)c(F)c1.